The van der Waals surface area contributed by atoms with Gasteiger partial charge in [-0.25, -0.2) is 4.98 Å². The molecule has 0 aliphatic carbocycles. The van der Waals surface area contributed by atoms with Crippen LogP contribution in [0.5, 0.6) is 0 Å². The highest BCUT2D eigenvalue weighted by Crippen LogP contribution is 2.18. The molecule has 0 unspecified atom stereocenters. The summed E-state index contributed by atoms with van der Waals surface area (Å²) in [4.78, 5) is 7.66. The van der Waals surface area contributed by atoms with Crippen molar-refractivity contribution in [3.8, 4) is 6.07 Å². The summed E-state index contributed by atoms with van der Waals surface area (Å²) in [6, 6.07) is 2.19. The molecule has 0 spiro atoms. The lowest BCUT2D eigenvalue weighted by molar-refractivity contribution is 0.343. The van der Waals surface area contributed by atoms with Gasteiger partial charge in [-0.3, -0.25) is 0 Å². The van der Waals surface area contributed by atoms with Crippen molar-refractivity contribution in [1.29, 1.82) is 5.26 Å². The molecule has 1 saturated heterocycles. The van der Waals surface area contributed by atoms with Gasteiger partial charge in [0.1, 0.15) is 10.9 Å². The van der Waals surface area contributed by atoms with Gasteiger partial charge in [-0.1, -0.05) is 0 Å². The molecule has 0 aromatic carbocycles. The maximum atomic E-state index is 8.82. The number of likely N-dealkylation sites (tertiary alicyclic amines) is 1. The van der Waals surface area contributed by atoms with Crippen LogP contribution >= 0.6 is 11.3 Å². The quantitative estimate of drug-likeness (QED) is 0.783. The lowest BCUT2D eigenvalue weighted by Gasteiger charge is -2.12. The van der Waals surface area contributed by atoms with Crippen LogP contribution in [0.4, 0.5) is 0 Å². The van der Waals surface area contributed by atoms with Crippen LogP contribution in [-0.4, -0.2) is 29.5 Å². The molecule has 1 fully saturated rings. The van der Waals surface area contributed by atoms with Gasteiger partial charge in [0, 0.05) is 13.0 Å². The zero-order valence-electron chi connectivity index (χ0n) is 8.99. The Hall–Kier alpha value is -0.920. The second-order valence-electron chi connectivity index (χ2n) is 3.93. The lowest BCUT2D eigenvalue weighted by Crippen LogP contribution is -2.21. The van der Waals surface area contributed by atoms with E-state index in [1.165, 1.54) is 25.9 Å². The molecule has 2 rings (SSSR count). The number of aryl methyl sites for hydroxylation is 1. The van der Waals surface area contributed by atoms with E-state index in [1.807, 2.05) is 6.92 Å². The predicted molar refractivity (Wildman–Crippen MR) is 60.9 cm³/mol. The fraction of sp³-hybridized carbons (Fsp3) is 0.636. The Balaban J connectivity index is 1.90. The van der Waals surface area contributed by atoms with Gasteiger partial charge < -0.3 is 4.90 Å². The molecule has 1 aliphatic rings. The van der Waals surface area contributed by atoms with E-state index in [1.54, 1.807) is 11.3 Å². The Morgan fingerprint density at radius 3 is 2.80 bits per heavy atom. The van der Waals surface area contributed by atoms with E-state index in [0.717, 1.165) is 28.5 Å². The summed E-state index contributed by atoms with van der Waals surface area (Å²) in [6.45, 7) is 5.47. The third-order valence-corrected chi connectivity index (χ3v) is 3.90. The van der Waals surface area contributed by atoms with E-state index in [4.69, 9.17) is 5.26 Å². The number of nitriles is 1. The SMILES string of the molecule is Cc1nc(CCN2CCCC2)sc1C#N. The standard InChI is InChI=1S/C11H15N3S/c1-9-10(8-12)15-11(13-9)4-7-14-5-2-3-6-14/h2-7H2,1H3. The maximum Gasteiger partial charge on any atom is 0.127 e. The van der Waals surface area contributed by atoms with Gasteiger partial charge in [0.25, 0.3) is 0 Å². The van der Waals surface area contributed by atoms with Crippen LogP contribution < -0.4 is 0 Å². The number of thiazole rings is 1. The van der Waals surface area contributed by atoms with Crippen molar-refractivity contribution in [1.82, 2.24) is 9.88 Å². The van der Waals surface area contributed by atoms with Crippen molar-refractivity contribution in [2.45, 2.75) is 26.2 Å². The minimum atomic E-state index is 0.770. The fourth-order valence-electron chi connectivity index (χ4n) is 1.92. The minimum absolute atomic E-state index is 0.770. The Morgan fingerprint density at radius 1 is 1.47 bits per heavy atom. The minimum Gasteiger partial charge on any atom is -0.303 e. The van der Waals surface area contributed by atoms with Crippen LogP contribution in [0.1, 0.15) is 28.4 Å². The summed E-state index contributed by atoms with van der Waals surface area (Å²) in [6.07, 6.45) is 3.66. The second-order valence-corrected chi connectivity index (χ2v) is 5.02. The van der Waals surface area contributed by atoms with Crippen molar-refractivity contribution < 1.29 is 0 Å². The van der Waals surface area contributed by atoms with Crippen LogP contribution in [0.2, 0.25) is 0 Å². The predicted octanol–water partition coefficient (Wildman–Crippen LogP) is 1.96. The molecule has 0 atom stereocenters. The Kier molecular flexibility index (Phi) is 3.34. The largest absolute Gasteiger partial charge is 0.303 e. The molecule has 4 heteroatoms. The molecule has 0 radical (unpaired) electrons. The van der Waals surface area contributed by atoms with Crippen LogP contribution in [0, 0.1) is 18.3 Å². The number of rotatable bonds is 3. The lowest BCUT2D eigenvalue weighted by atomic mass is 10.4. The van der Waals surface area contributed by atoms with Gasteiger partial charge in [-0.2, -0.15) is 5.26 Å². The van der Waals surface area contributed by atoms with Crippen LogP contribution in [0.3, 0.4) is 0 Å². The highest BCUT2D eigenvalue weighted by molar-refractivity contribution is 7.12. The first-order valence-electron chi connectivity index (χ1n) is 5.38. The molecule has 0 bridgehead atoms. The van der Waals surface area contributed by atoms with Crippen molar-refractivity contribution in [2.75, 3.05) is 19.6 Å². The normalized spacial score (nSPS) is 16.8. The zero-order valence-corrected chi connectivity index (χ0v) is 9.81. The molecule has 2 heterocycles. The molecule has 0 N–H and O–H groups in total. The first-order chi connectivity index (χ1) is 7.29. The molecule has 15 heavy (non-hydrogen) atoms. The Morgan fingerprint density at radius 2 is 2.20 bits per heavy atom. The second kappa shape index (κ2) is 4.73. The van der Waals surface area contributed by atoms with E-state index in [9.17, 15) is 0 Å². The Labute approximate surface area is 94.4 Å². The molecule has 1 aromatic heterocycles. The smallest absolute Gasteiger partial charge is 0.127 e. The molecule has 3 nitrogen and oxygen atoms in total. The van der Waals surface area contributed by atoms with Crippen molar-refractivity contribution >= 4 is 11.3 Å². The van der Waals surface area contributed by atoms with Crippen molar-refractivity contribution in [2.24, 2.45) is 0 Å². The maximum absolute atomic E-state index is 8.82. The third kappa shape index (κ3) is 2.55. The zero-order chi connectivity index (χ0) is 10.7. The highest BCUT2D eigenvalue weighted by atomic mass is 32.1. The van der Waals surface area contributed by atoms with Gasteiger partial charge in [-0.15, -0.1) is 11.3 Å². The molecule has 80 valence electrons. The summed E-state index contributed by atoms with van der Waals surface area (Å²) in [7, 11) is 0. The van der Waals surface area contributed by atoms with E-state index in [-0.39, 0.29) is 0 Å². The van der Waals surface area contributed by atoms with Gasteiger partial charge in [0.2, 0.25) is 0 Å². The topological polar surface area (TPSA) is 39.9 Å². The van der Waals surface area contributed by atoms with Crippen LogP contribution in [-0.2, 0) is 6.42 Å². The van der Waals surface area contributed by atoms with E-state index >= 15 is 0 Å². The molecular formula is C11H15N3S. The number of nitrogens with zero attached hydrogens (tertiary/aromatic N) is 3. The molecular weight excluding hydrogens is 206 g/mol. The third-order valence-electron chi connectivity index (χ3n) is 2.78. The highest BCUT2D eigenvalue weighted by Gasteiger charge is 2.13. The molecule has 0 saturated carbocycles. The first-order valence-corrected chi connectivity index (χ1v) is 6.20. The van der Waals surface area contributed by atoms with Crippen LogP contribution in [0.15, 0.2) is 0 Å². The summed E-state index contributed by atoms with van der Waals surface area (Å²) in [5, 5.41) is 9.93. The van der Waals surface area contributed by atoms with Gasteiger partial charge >= 0.3 is 0 Å². The number of aromatic nitrogens is 1. The fourth-order valence-corrected chi connectivity index (χ4v) is 2.77. The monoisotopic (exact) mass is 221 g/mol. The van der Waals surface area contributed by atoms with Gasteiger partial charge in [-0.05, 0) is 32.9 Å². The summed E-state index contributed by atoms with van der Waals surface area (Å²) < 4.78 is 0. The van der Waals surface area contributed by atoms with Crippen molar-refractivity contribution in [3.63, 3.8) is 0 Å². The molecule has 0 amide bonds. The van der Waals surface area contributed by atoms with Crippen LogP contribution in [0.25, 0.3) is 0 Å². The Bertz CT molecular complexity index is 372. The number of hydrogen-bond acceptors (Lipinski definition) is 4. The van der Waals surface area contributed by atoms with Crippen molar-refractivity contribution in [3.05, 3.63) is 15.6 Å². The van der Waals surface area contributed by atoms with Gasteiger partial charge in [0.15, 0.2) is 0 Å². The van der Waals surface area contributed by atoms with E-state index in [2.05, 4.69) is 16.0 Å². The molecule has 1 aliphatic heterocycles. The summed E-state index contributed by atoms with van der Waals surface area (Å²) >= 11 is 1.54. The first kappa shape index (κ1) is 10.6. The van der Waals surface area contributed by atoms with E-state index in [0.29, 0.717) is 0 Å². The summed E-state index contributed by atoms with van der Waals surface area (Å²) in [5.74, 6) is 0. The summed E-state index contributed by atoms with van der Waals surface area (Å²) in [5.41, 5.74) is 0.888. The average Bonchev–Trinajstić information content (AvgIpc) is 2.83. The molecule has 1 aromatic rings. The average molecular weight is 221 g/mol. The van der Waals surface area contributed by atoms with Gasteiger partial charge in [0.05, 0.1) is 10.7 Å². The number of hydrogen-bond donors (Lipinski definition) is 0. The van der Waals surface area contributed by atoms with E-state index < -0.39 is 0 Å².